The molecule has 0 radical (unpaired) electrons. The quantitative estimate of drug-likeness (QED) is 0.875. The van der Waals surface area contributed by atoms with Crippen LogP contribution < -0.4 is 10.9 Å². The van der Waals surface area contributed by atoms with E-state index in [1.807, 2.05) is 25.7 Å². The lowest BCUT2D eigenvalue weighted by molar-refractivity contribution is -0.159. The van der Waals surface area contributed by atoms with Crippen molar-refractivity contribution in [1.29, 1.82) is 0 Å². The number of benzene rings is 1. The predicted molar refractivity (Wildman–Crippen MR) is 89.8 cm³/mol. The number of hydrazine groups is 1. The van der Waals surface area contributed by atoms with E-state index in [0.717, 1.165) is 6.42 Å². The van der Waals surface area contributed by atoms with E-state index in [9.17, 15) is 4.79 Å². The van der Waals surface area contributed by atoms with Crippen LogP contribution in [0.4, 0.5) is 0 Å². The third kappa shape index (κ3) is 3.74. The third-order valence-corrected chi connectivity index (χ3v) is 4.56. The maximum absolute atomic E-state index is 12.8. The van der Waals surface area contributed by atoms with E-state index >= 15 is 0 Å². The van der Waals surface area contributed by atoms with Crippen LogP contribution in [0.15, 0.2) is 24.3 Å². The molecule has 3 atom stereocenters. The van der Waals surface area contributed by atoms with Crippen LogP contribution in [0, 0.1) is 6.92 Å². The monoisotopic (exact) mass is 317 g/mol. The van der Waals surface area contributed by atoms with Crippen molar-refractivity contribution in [3.63, 3.8) is 0 Å². The van der Waals surface area contributed by atoms with E-state index < -0.39 is 0 Å². The van der Waals surface area contributed by atoms with Gasteiger partial charge >= 0.3 is 0 Å². The van der Waals surface area contributed by atoms with Crippen LogP contribution in [-0.2, 0) is 9.53 Å². The summed E-state index contributed by atoms with van der Waals surface area (Å²) in [5, 5.41) is 0. The fraction of sp³-hybridized carbons (Fsp3) is 0.611. The molecule has 2 aliphatic heterocycles. The normalized spacial score (nSPS) is 30.4. The Labute approximate surface area is 138 Å². The molecule has 2 aliphatic rings. The summed E-state index contributed by atoms with van der Waals surface area (Å²) in [7, 11) is 0. The Hall–Kier alpha value is -1.43. The number of hydrogen-bond donors (Lipinski definition) is 2. The van der Waals surface area contributed by atoms with Crippen molar-refractivity contribution >= 4 is 5.91 Å². The fourth-order valence-electron chi connectivity index (χ4n) is 3.58. The van der Waals surface area contributed by atoms with Crippen molar-refractivity contribution in [3.05, 3.63) is 35.4 Å². The van der Waals surface area contributed by atoms with E-state index in [1.54, 1.807) is 0 Å². The van der Waals surface area contributed by atoms with Gasteiger partial charge in [0.15, 0.2) is 0 Å². The van der Waals surface area contributed by atoms with Crippen molar-refractivity contribution < 1.29 is 9.53 Å². The summed E-state index contributed by atoms with van der Waals surface area (Å²) in [5.74, 6) is 0.162. The zero-order valence-corrected chi connectivity index (χ0v) is 14.4. The van der Waals surface area contributed by atoms with Crippen LogP contribution in [0.5, 0.6) is 0 Å². The van der Waals surface area contributed by atoms with E-state index in [0.29, 0.717) is 13.1 Å². The first kappa shape index (κ1) is 16.4. The Kier molecular flexibility index (Phi) is 4.45. The Bertz CT molecular complexity index is 570. The molecule has 23 heavy (non-hydrogen) atoms. The minimum Gasteiger partial charge on any atom is -0.369 e. The highest BCUT2D eigenvalue weighted by atomic mass is 16.5. The zero-order valence-electron chi connectivity index (χ0n) is 14.4. The molecular formula is C18H27N3O2. The molecule has 5 heteroatoms. The molecule has 0 aromatic heterocycles. The standard InChI is InChI=1S/C18H27N3O2/c1-12-5-7-14(8-6-12)15-9-16(20-19-15)17(22)21-10-13(2)23-18(3,4)11-21/h5-8,13,15-16,19-20H,9-11H2,1-4H3. The van der Waals surface area contributed by atoms with Gasteiger partial charge < -0.3 is 9.64 Å². The second-order valence-electron chi connectivity index (χ2n) is 7.45. The minimum absolute atomic E-state index is 0.0740. The average Bonchev–Trinajstić information content (AvgIpc) is 2.95. The number of ether oxygens (including phenoxy) is 1. The lowest BCUT2D eigenvalue weighted by Crippen LogP contribution is -2.57. The molecule has 1 aromatic rings. The van der Waals surface area contributed by atoms with E-state index in [4.69, 9.17) is 4.74 Å². The van der Waals surface area contributed by atoms with Crippen molar-refractivity contribution in [1.82, 2.24) is 15.8 Å². The van der Waals surface area contributed by atoms with Crippen LogP contribution >= 0.6 is 0 Å². The molecule has 2 fully saturated rings. The van der Waals surface area contributed by atoms with Gasteiger partial charge in [0.2, 0.25) is 5.91 Å². The summed E-state index contributed by atoms with van der Waals surface area (Å²) < 4.78 is 5.89. The van der Waals surface area contributed by atoms with Crippen molar-refractivity contribution in [2.45, 2.75) is 57.9 Å². The van der Waals surface area contributed by atoms with Crippen molar-refractivity contribution in [2.75, 3.05) is 13.1 Å². The molecule has 1 amide bonds. The Morgan fingerprint density at radius 3 is 2.61 bits per heavy atom. The first-order chi connectivity index (χ1) is 10.8. The van der Waals surface area contributed by atoms with E-state index in [2.05, 4.69) is 42.0 Å². The maximum atomic E-state index is 12.8. The van der Waals surface area contributed by atoms with Gasteiger partial charge in [0.05, 0.1) is 11.7 Å². The lowest BCUT2D eigenvalue weighted by Gasteiger charge is -2.42. The number of nitrogens with zero attached hydrogens (tertiary/aromatic N) is 1. The number of nitrogens with one attached hydrogen (secondary N) is 2. The molecule has 0 aliphatic carbocycles. The van der Waals surface area contributed by atoms with Gasteiger partial charge in [-0.3, -0.25) is 4.79 Å². The number of morpholine rings is 1. The van der Waals surface area contributed by atoms with Gasteiger partial charge in [-0.25, -0.2) is 10.9 Å². The molecule has 5 nitrogen and oxygen atoms in total. The van der Waals surface area contributed by atoms with E-state index in [1.165, 1.54) is 11.1 Å². The molecule has 0 saturated carbocycles. The second kappa shape index (κ2) is 6.23. The minimum atomic E-state index is -0.282. The first-order valence-corrected chi connectivity index (χ1v) is 8.38. The van der Waals surface area contributed by atoms with Crippen LogP contribution in [0.2, 0.25) is 0 Å². The number of carbonyl (C=O) groups excluding carboxylic acids is 1. The molecule has 0 spiro atoms. The van der Waals surface area contributed by atoms with Gasteiger partial charge in [0.1, 0.15) is 6.04 Å². The summed E-state index contributed by atoms with van der Waals surface area (Å²) in [6.07, 6.45) is 0.846. The summed E-state index contributed by atoms with van der Waals surface area (Å²) >= 11 is 0. The van der Waals surface area contributed by atoms with E-state index in [-0.39, 0.29) is 29.7 Å². The van der Waals surface area contributed by atoms with Crippen LogP contribution in [0.25, 0.3) is 0 Å². The Balaban J connectivity index is 1.64. The van der Waals surface area contributed by atoms with Crippen LogP contribution in [0.3, 0.4) is 0 Å². The molecule has 3 rings (SSSR count). The van der Waals surface area contributed by atoms with Crippen molar-refractivity contribution in [3.8, 4) is 0 Å². The van der Waals surface area contributed by atoms with Crippen molar-refractivity contribution in [2.24, 2.45) is 0 Å². The van der Waals surface area contributed by atoms with Gasteiger partial charge in [0.25, 0.3) is 0 Å². The molecule has 2 N–H and O–H groups in total. The zero-order chi connectivity index (χ0) is 16.6. The molecule has 2 heterocycles. The van der Waals surface area contributed by atoms with Crippen LogP contribution in [0.1, 0.15) is 44.4 Å². The summed E-state index contributed by atoms with van der Waals surface area (Å²) in [6, 6.07) is 8.47. The molecule has 1 aromatic carbocycles. The number of carbonyl (C=O) groups is 1. The van der Waals surface area contributed by atoms with Gasteiger partial charge in [-0.1, -0.05) is 29.8 Å². The topological polar surface area (TPSA) is 53.6 Å². The van der Waals surface area contributed by atoms with Gasteiger partial charge in [-0.05, 0) is 39.7 Å². The highest BCUT2D eigenvalue weighted by molar-refractivity contribution is 5.82. The van der Waals surface area contributed by atoms with Gasteiger partial charge in [-0.15, -0.1) is 0 Å². The highest BCUT2D eigenvalue weighted by Crippen LogP contribution is 2.26. The van der Waals surface area contributed by atoms with Gasteiger partial charge in [-0.2, -0.15) is 0 Å². The summed E-state index contributed by atoms with van der Waals surface area (Å²) in [5.41, 5.74) is 8.62. The number of rotatable bonds is 2. The Morgan fingerprint density at radius 2 is 1.96 bits per heavy atom. The lowest BCUT2D eigenvalue weighted by atomic mass is 9.99. The molecule has 126 valence electrons. The average molecular weight is 317 g/mol. The smallest absolute Gasteiger partial charge is 0.241 e. The SMILES string of the molecule is Cc1ccc(C2CC(C(=O)N3CC(C)OC(C)(C)C3)NN2)cc1. The molecule has 3 unspecified atom stereocenters. The number of aryl methyl sites for hydroxylation is 1. The second-order valence-corrected chi connectivity index (χ2v) is 7.45. The fourth-order valence-corrected chi connectivity index (χ4v) is 3.58. The number of amides is 1. The maximum Gasteiger partial charge on any atom is 0.241 e. The molecule has 0 bridgehead atoms. The third-order valence-electron chi connectivity index (χ3n) is 4.56. The predicted octanol–water partition coefficient (Wildman–Crippen LogP) is 1.93. The Morgan fingerprint density at radius 1 is 1.26 bits per heavy atom. The van der Waals surface area contributed by atoms with Crippen LogP contribution in [-0.4, -0.2) is 41.6 Å². The summed E-state index contributed by atoms with van der Waals surface area (Å²) in [6.45, 7) is 9.49. The molecular weight excluding hydrogens is 290 g/mol. The number of hydrogen-bond acceptors (Lipinski definition) is 4. The molecule has 2 saturated heterocycles. The largest absolute Gasteiger partial charge is 0.369 e. The first-order valence-electron chi connectivity index (χ1n) is 8.38. The van der Waals surface area contributed by atoms with Gasteiger partial charge in [0, 0.05) is 19.1 Å². The highest BCUT2D eigenvalue weighted by Gasteiger charge is 2.38. The summed E-state index contributed by atoms with van der Waals surface area (Å²) in [4.78, 5) is 14.8.